The molecule has 138 valence electrons. The third-order valence-corrected chi connectivity index (χ3v) is 5.80. The van der Waals surface area contributed by atoms with Gasteiger partial charge in [-0.25, -0.2) is 4.39 Å². The van der Waals surface area contributed by atoms with Gasteiger partial charge in [0.2, 0.25) is 0 Å². The van der Waals surface area contributed by atoms with Crippen LogP contribution in [0.4, 0.5) is 4.39 Å². The molecule has 0 radical (unpaired) electrons. The number of aromatic amines is 1. The van der Waals surface area contributed by atoms with E-state index in [4.69, 9.17) is 5.73 Å². The standard InChI is InChI=1S/C21H20FN3OS/c1-21(8-9-27-20(23)25-21)15-10-13(6-7-16(15)22)11-19(26)18-12-14-4-2-3-5-17(14)24-18/h2-7,10,12,24H,8-9,11H2,1H3,(H2,23,25)/t21-/m0/s1. The van der Waals surface area contributed by atoms with E-state index in [0.717, 1.165) is 22.2 Å². The number of carbonyl (C=O) groups excluding carboxylic acids is 1. The number of thioether (sulfide) groups is 1. The summed E-state index contributed by atoms with van der Waals surface area (Å²) < 4.78 is 14.5. The van der Waals surface area contributed by atoms with Crippen molar-refractivity contribution in [3.8, 4) is 0 Å². The van der Waals surface area contributed by atoms with Crippen molar-refractivity contribution in [2.24, 2.45) is 10.7 Å². The second-order valence-corrected chi connectivity index (χ2v) is 8.12. The maximum absolute atomic E-state index is 14.5. The lowest BCUT2D eigenvalue weighted by Gasteiger charge is -2.30. The van der Waals surface area contributed by atoms with Crippen LogP contribution in [-0.2, 0) is 12.0 Å². The van der Waals surface area contributed by atoms with Gasteiger partial charge in [-0.1, -0.05) is 36.0 Å². The molecule has 0 bridgehead atoms. The maximum atomic E-state index is 14.5. The minimum Gasteiger partial charge on any atom is -0.379 e. The van der Waals surface area contributed by atoms with Crippen molar-refractivity contribution < 1.29 is 9.18 Å². The molecule has 6 heteroatoms. The summed E-state index contributed by atoms with van der Waals surface area (Å²) in [5.74, 6) is 0.447. The quantitative estimate of drug-likeness (QED) is 0.658. The Labute approximate surface area is 161 Å². The zero-order chi connectivity index (χ0) is 19.0. The van der Waals surface area contributed by atoms with E-state index in [9.17, 15) is 9.18 Å². The number of nitrogens with one attached hydrogen (secondary N) is 1. The summed E-state index contributed by atoms with van der Waals surface area (Å²) in [6.45, 7) is 1.89. The van der Waals surface area contributed by atoms with Gasteiger partial charge in [0, 0.05) is 28.6 Å². The van der Waals surface area contributed by atoms with E-state index in [-0.39, 0.29) is 18.0 Å². The van der Waals surface area contributed by atoms with Gasteiger partial charge in [-0.2, -0.15) is 0 Å². The molecule has 0 aliphatic carbocycles. The van der Waals surface area contributed by atoms with Gasteiger partial charge in [-0.05, 0) is 43.2 Å². The number of aromatic nitrogens is 1. The number of para-hydroxylation sites is 1. The molecule has 0 spiro atoms. The monoisotopic (exact) mass is 381 g/mol. The summed E-state index contributed by atoms with van der Waals surface area (Å²) in [6.07, 6.45) is 0.902. The fourth-order valence-electron chi connectivity index (χ4n) is 3.48. The van der Waals surface area contributed by atoms with Crippen LogP contribution in [0.3, 0.4) is 0 Å². The van der Waals surface area contributed by atoms with Crippen molar-refractivity contribution in [3.63, 3.8) is 0 Å². The van der Waals surface area contributed by atoms with Crippen LogP contribution < -0.4 is 5.73 Å². The molecular weight excluding hydrogens is 361 g/mol. The summed E-state index contributed by atoms with van der Waals surface area (Å²) in [7, 11) is 0. The third kappa shape index (κ3) is 3.49. The van der Waals surface area contributed by atoms with Crippen molar-refractivity contribution in [3.05, 3.63) is 71.2 Å². The summed E-state index contributed by atoms with van der Waals surface area (Å²) >= 11 is 1.48. The fourth-order valence-corrected chi connectivity index (χ4v) is 4.45. The maximum Gasteiger partial charge on any atom is 0.183 e. The molecule has 3 N–H and O–H groups in total. The normalized spacial score (nSPS) is 19.9. The molecule has 3 aromatic rings. The van der Waals surface area contributed by atoms with Gasteiger partial charge in [-0.15, -0.1) is 0 Å². The molecule has 0 fully saturated rings. The second-order valence-electron chi connectivity index (χ2n) is 7.01. The molecule has 0 saturated heterocycles. The van der Waals surface area contributed by atoms with E-state index in [1.807, 2.05) is 37.3 Å². The molecule has 1 atom stereocenters. The minimum atomic E-state index is -0.695. The van der Waals surface area contributed by atoms with Gasteiger partial charge < -0.3 is 10.7 Å². The first-order valence-corrected chi connectivity index (χ1v) is 9.81. The van der Waals surface area contributed by atoms with Gasteiger partial charge in [0.05, 0.1) is 11.2 Å². The molecular formula is C21H20FN3OS. The largest absolute Gasteiger partial charge is 0.379 e. The molecule has 27 heavy (non-hydrogen) atoms. The number of halogens is 1. The van der Waals surface area contributed by atoms with E-state index in [1.165, 1.54) is 17.8 Å². The zero-order valence-corrected chi connectivity index (χ0v) is 15.8. The zero-order valence-electron chi connectivity index (χ0n) is 15.0. The number of fused-ring (bicyclic) bond motifs is 1. The van der Waals surface area contributed by atoms with Crippen molar-refractivity contribution in [1.82, 2.24) is 4.98 Å². The molecule has 1 aliphatic rings. The van der Waals surface area contributed by atoms with Crippen molar-refractivity contribution >= 4 is 33.6 Å². The second kappa shape index (κ2) is 6.85. The Kier molecular flexibility index (Phi) is 4.52. The first-order chi connectivity index (χ1) is 12.9. The number of rotatable bonds is 4. The summed E-state index contributed by atoms with van der Waals surface area (Å²) in [5, 5.41) is 1.47. The van der Waals surface area contributed by atoms with Gasteiger partial charge in [0.15, 0.2) is 11.0 Å². The van der Waals surface area contributed by atoms with Crippen molar-refractivity contribution in [2.75, 3.05) is 5.75 Å². The first kappa shape index (κ1) is 17.8. The average molecular weight is 381 g/mol. The number of aliphatic imine (C=N–C) groups is 1. The number of hydrogen-bond acceptors (Lipinski definition) is 4. The van der Waals surface area contributed by atoms with Crippen LogP contribution >= 0.6 is 11.8 Å². The number of carbonyl (C=O) groups is 1. The van der Waals surface area contributed by atoms with Crippen LogP contribution in [0.1, 0.15) is 35.0 Å². The minimum absolute atomic E-state index is 0.0314. The Morgan fingerprint density at radius 2 is 2.11 bits per heavy atom. The van der Waals surface area contributed by atoms with Crippen LogP contribution in [0.5, 0.6) is 0 Å². The van der Waals surface area contributed by atoms with Gasteiger partial charge >= 0.3 is 0 Å². The number of nitrogens with two attached hydrogens (primary N) is 1. The third-order valence-electron chi connectivity index (χ3n) is 5.00. The Balaban J connectivity index is 1.63. The van der Waals surface area contributed by atoms with E-state index in [2.05, 4.69) is 9.98 Å². The van der Waals surface area contributed by atoms with Crippen LogP contribution in [0.25, 0.3) is 10.9 Å². The Bertz CT molecular complexity index is 1030. The van der Waals surface area contributed by atoms with Crippen molar-refractivity contribution in [1.29, 1.82) is 0 Å². The summed E-state index contributed by atoms with van der Waals surface area (Å²) in [5.41, 5.74) is 7.92. The van der Waals surface area contributed by atoms with Gasteiger partial charge in [0.1, 0.15) is 5.82 Å². The van der Waals surface area contributed by atoms with E-state index >= 15 is 0 Å². The molecule has 4 nitrogen and oxygen atoms in total. The average Bonchev–Trinajstić information content (AvgIpc) is 3.07. The number of amidine groups is 1. The van der Waals surface area contributed by atoms with Crippen LogP contribution in [0, 0.1) is 5.82 Å². The molecule has 0 amide bonds. The van der Waals surface area contributed by atoms with Gasteiger partial charge in [-0.3, -0.25) is 9.79 Å². The molecule has 1 aliphatic heterocycles. The lowest BCUT2D eigenvalue weighted by atomic mass is 9.87. The van der Waals surface area contributed by atoms with E-state index in [0.29, 0.717) is 22.8 Å². The SMILES string of the molecule is C[C@@]1(c2cc(CC(=O)c3cc4ccccc4[nH]3)ccc2F)CCSC(N)=N1. The van der Waals surface area contributed by atoms with Gasteiger partial charge in [0.25, 0.3) is 0 Å². The van der Waals surface area contributed by atoms with E-state index < -0.39 is 5.54 Å². The molecule has 1 aromatic heterocycles. The molecule has 0 unspecified atom stereocenters. The topological polar surface area (TPSA) is 71.2 Å². The number of hydrogen-bond donors (Lipinski definition) is 2. The summed E-state index contributed by atoms with van der Waals surface area (Å²) in [4.78, 5) is 20.3. The van der Waals surface area contributed by atoms with Crippen LogP contribution in [0.2, 0.25) is 0 Å². The lowest BCUT2D eigenvalue weighted by molar-refractivity contribution is 0.0989. The molecule has 2 heterocycles. The highest BCUT2D eigenvalue weighted by atomic mass is 32.2. The lowest BCUT2D eigenvalue weighted by Crippen LogP contribution is -2.29. The predicted octanol–water partition coefficient (Wildman–Crippen LogP) is 4.40. The number of H-pyrrole nitrogens is 1. The number of ketones is 1. The molecule has 4 rings (SSSR count). The number of nitrogens with zero attached hydrogens (tertiary/aromatic N) is 1. The highest BCUT2D eigenvalue weighted by molar-refractivity contribution is 8.13. The van der Waals surface area contributed by atoms with Crippen molar-refractivity contribution in [2.45, 2.75) is 25.3 Å². The van der Waals surface area contributed by atoms with Crippen LogP contribution in [0.15, 0.2) is 53.5 Å². The Hall–Kier alpha value is -2.60. The summed E-state index contributed by atoms with van der Waals surface area (Å²) in [6, 6.07) is 14.4. The number of Topliss-reactive ketones (excluding diaryl/α,β-unsaturated/α-hetero) is 1. The molecule has 2 aromatic carbocycles. The first-order valence-electron chi connectivity index (χ1n) is 8.83. The Morgan fingerprint density at radius 1 is 1.30 bits per heavy atom. The highest BCUT2D eigenvalue weighted by Crippen LogP contribution is 2.36. The Morgan fingerprint density at radius 3 is 2.89 bits per heavy atom. The molecule has 0 saturated carbocycles. The predicted molar refractivity (Wildman–Crippen MR) is 109 cm³/mol. The van der Waals surface area contributed by atoms with E-state index in [1.54, 1.807) is 12.1 Å². The highest BCUT2D eigenvalue weighted by Gasteiger charge is 2.32. The smallest absolute Gasteiger partial charge is 0.183 e. The van der Waals surface area contributed by atoms with Crippen LogP contribution in [-0.4, -0.2) is 21.7 Å². The fraction of sp³-hybridized carbons (Fsp3) is 0.238. The number of benzene rings is 2.